The number of hydrogen-bond donors (Lipinski definition) is 1. The van der Waals surface area contributed by atoms with E-state index in [-0.39, 0.29) is 11.3 Å². The second kappa shape index (κ2) is 11.7. The maximum atomic E-state index is 13.1. The zero-order chi connectivity index (χ0) is 24.7. The van der Waals surface area contributed by atoms with Crippen LogP contribution in [0, 0.1) is 6.92 Å². The van der Waals surface area contributed by atoms with Gasteiger partial charge in [-0.15, -0.1) is 0 Å². The van der Waals surface area contributed by atoms with Crippen molar-refractivity contribution in [1.29, 1.82) is 0 Å². The van der Waals surface area contributed by atoms with E-state index in [4.69, 9.17) is 4.74 Å². The molecule has 2 aromatic carbocycles. The molecule has 0 aromatic heterocycles. The predicted octanol–water partition coefficient (Wildman–Crippen LogP) is 4.71. The summed E-state index contributed by atoms with van der Waals surface area (Å²) in [6.07, 6.45) is 2.40. The highest BCUT2D eigenvalue weighted by Gasteiger charge is 2.45. The normalized spacial score (nSPS) is 17.4. The van der Waals surface area contributed by atoms with Gasteiger partial charge in [-0.05, 0) is 50.7 Å². The molecule has 3 rings (SSSR count). The number of benzene rings is 2. The molecule has 180 valence electrons. The highest BCUT2D eigenvalue weighted by atomic mass is 16.5. The quantitative estimate of drug-likeness (QED) is 0.227. The van der Waals surface area contributed by atoms with E-state index in [1.807, 2.05) is 31.2 Å². The lowest BCUT2D eigenvalue weighted by Gasteiger charge is -2.27. The highest BCUT2D eigenvalue weighted by molar-refractivity contribution is 6.46. The van der Waals surface area contributed by atoms with Crippen LogP contribution in [0.4, 0.5) is 0 Å². The second-order valence-corrected chi connectivity index (χ2v) is 8.41. The third-order valence-electron chi connectivity index (χ3n) is 6.20. The van der Waals surface area contributed by atoms with Crippen molar-refractivity contribution in [3.63, 3.8) is 0 Å². The predicted molar refractivity (Wildman–Crippen MR) is 135 cm³/mol. The number of carbonyl (C=O) groups is 2. The number of ketones is 1. The van der Waals surface area contributed by atoms with Crippen molar-refractivity contribution in [2.45, 2.75) is 33.2 Å². The molecule has 0 spiro atoms. The fourth-order valence-electron chi connectivity index (χ4n) is 4.23. The average Bonchev–Trinajstić information content (AvgIpc) is 3.10. The third-order valence-corrected chi connectivity index (χ3v) is 6.20. The molecule has 0 radical (unpaired) electrons. The maximum Gasteiger partial charge on any atom is 0.295 e. The van der Waals surface area contributed by atoms with Gasteiger partial charge in [0.05, 0.1) is 11.6 Å². The molecule has 1 atom stereocenters. The Morgan fingerprint density at radius 2 is 1.74 bits per heavy atom. The molecule has 0 bridgehead atoms. The molecular formula is C28H34N2O4. The smallest absolute Gasteiger partial charge is 0.295 e. The lowest BCUT2D eigenvalue weighted by atomic mass is 9.95. The zero-order valence-corrected chi connectivity index (χ0v) is 20.3. The molecule has 0 unspecified atom stereocenters. The Kier molecular flexibility index (Phi) is 8.66. The van der Waals surface area contributed by atoms with E-state index in [1.54, 1.807) is 35.2 Å². The van der Waals surface area contributed by atoms with Crippen molar-refractivity contribution < 1.29 is 19.4 Å². The monoisotopic (exact) mass is 462 g/mol. The number of amides is 1. The van der Waals surface area contributed by atoms with Crippen LogP contribution in [0.3, 0.4) is 0 Å². The van der Waals surface area contributed by atoms with Crippen molar-refractivity contribution in [2.75, 3.05) is 32.8 Å². The van der Waals surface area contributed by atoms with E-state index in [0.29, 0.717) is 24.5 Å². The Hall–Kier alpha value is -3.38. The fourth-order valence-corrected chi connectivity index (χ4v) is 4.23. The van der Waals surface area contributed by atoms with Crippen LogP contribution < -0.4 is 4.74 Å². The number of aryl methyl sites for hydroxylation is 1. The van der Waals surface area contributed by atoms with Crippen LogP contribution in [0.1, 0.15) is 43.0 Å². The van der Waals surface area contributed by atoms with Crippen LogP contribution in [0.25, 0.3) is 5.76 Å². The van der Waals surface area contributed by atoms with Crippen molar-refractivity contribution in [3.05, 3.63) is 83.4 Å². The molecule has 1 aliphatic heterocycles. The maximum absolute atomic E-state index is 13.1. The lowest BCUT2D eigenvalue weighted by Crippen LogP contribution is -2.33. The molecule has 1 fully saturated rings. The number of aliphatic hydroxyl groups is 1. The van der Waals surface area contributed by atoms with Crippen LogP contribution in [0.15, 0.2) is 66.8 Å². The number of Topliss-reactive ketones (excluding diaryl/α,β-unsaturated/α-hetero) is 1. The van der Waals surface area contributed by atoms with Gasteiger partial charge in [0.1, 0.15) is 18.1 Å². The zero-order valence-electron chi connectivity index (χ0n) is 20.3. The number of nitrogens with zero attached hydrogens (tertiary/aromatic N) is 2. The number of hydrogen-bond acceptors (Lipinski definition) is 5. The summed E-state index contributed by atoms with van der Waals surface area (Å²) >= 11 is 0. The molecule has 34 heavy (non-hydrogen) atoms. The Labute approximate surface area is 202 Å². The summed E-state index contributed by atoms with van der Waals surface area (Å²) < 4.78 is 5.58. The average molecular weight is 463 g/mol. The number of rotatable bonds is 11. The first-order chi connectivity index (χ1) is 16.4. The summed E-state index contributed by atoms with van der Waals surface area (Å²) in [5, 5.41) is 11.1. The van der Waals surface area contributed by atoms with E-state index in [2.05, 4.69) is 25.3 Å². The Morgan fingerprint density at radius 1 is 1.09 bits per heavy atom. The number of aliphatic hydroxyl groups excluding tert-OH is 1. The van der Waals surface area contributed by atoms with Crippen molar-refractivity contribution in [2.24, 2.45) is 0 Å². The van der Waals surface area contributed by atoms with Gasteiger partial charge in [0.25, 0.3) is 11.7 Å². The summed E-state index contributed by atoms with van der Waals surface area (Å²) in [6.45, 7) is 13.3. The van der Waals surface area contributed by atoms with Gasteiger partial charge in [-0.2, -0.15) is 0 Å². The van der Waals surface area contributed by atoms with Crippen LogP contribution in [0.5, 0.6) is 5.75 Å². The van der Waals surface area contributed by atoms with Gasteiger partial charge in [0.2, 0.25) is 0 Å². The lowest BCUT2D eigenvalue weighted by molar-refractivity contribution is -0.140. The van der Waals surface area contributed by atoms with Gasteiger partial charge in [-0.1, -0.05) is 68.5 Å². The summed E-state index contributed by atoms with van der Waals surface area (Å²) in [6, 6.07) is 13.9. The summed E-state index contributed by atoms with van der Waals surface area (Å²) in [5.41, 5.74) is 2.43. The highest BCUT2D eigenvalue weighted by Crippen LogP contribution is 2.40. The Balaban J connectivity index is 2.00. The topological polar surface area (TPSA) is 70.1 Å². The largest absolute Gasteiger partial charge is 0.507 e. The molecule has 6 heteroatoms. The fraction of sp³-hybridized carbons (Fsp3) is 0.357. The number of ether oxygens (including phenoxy) is 1. The van der Waals surface area contributed by atoms with E-state index in [1.165, 1.54) is 0 Å². The molecule has 0 saturated carbocycles. The summed E-state index contributed by atoms with van der Waals surface area (Å²) in [7, 11) is 0. The standard InChI is InChI=1S/C28H34N2O4/c1-5-19-34-23-15-13-21(14-16-23)25-24(26(31)22-11-9-20(4)10-12-22)27(32)28(33)30(25)18-8-17-29(6-2)7-3/h5,9-16,25,31H,1,6-8,17-19H2,2-4H3/t25-/m0/s1. The van der Waals surface area contributed by atoms with Crippen LogP contribution >= 0.6 is 0 Å². The molecule has 1 N–H and O–H groups in total. The van der Waals surface area contributed by atoms with Crippen LogP contribution in [-0.2, 0) is 9.59 Å². The summed E-state index contributed by atoms with van der Waals surface area (Å²) in [4.78, 5) is 30.1. The van der Waals surface area contributed by atoms with E-state index >= 15 is 0 Å². The van der Waals surface area contributed by atoms with Gasteiger partial charge in [-0.25, -0.2) is 0 Å². The first-order valence-corrected chi connectivity index (χ1v) is 11.8. The molecule has 1 amide bonds. The van der Waals surface area contributed by atoms with E-state index < -0.39 is 17.7 Å². The number of carbonyl (C=O) groups excluding carboxylic acids is 2. The molecular weight excluding hydrogens is 428 g/mol. The van der Waals surface area contributed by atoms with Crippen LogP contribution in [-0.4, -0.2) is 59.4 Å². The number of likely N-dealkylation sites (tertiary alicyclic amines) is 1. The van der Waals surface area contributed by atoms with Gasteiger partial charge in [0.15, 0.2) is 0 Å². The van der Waals surface area contributed by atoms with Crippen molar-refractivity contribution >= 4 is 17.4 Å². The minimum absolute atomic E-state index is 0.122. The van der Waals surface area contributed by atoms with Gasteiger partial charge < -0.3 is 19.6 Å². The minimum Gasteiger partial charge on any atom is -0.507 e. The molecule has 0 aliphatic carbocycles. The molecule has 1 saturated heterocycles. The first kappa shape index (κ1) is 25.2. The Morgan fingerprint density at radius 3 is 2.32 bits per heavy atom. The van der Waals surface area contributed by atoms with Crippen molar-refractivity contribution in [1.82, 2.24) is 9.80 Å². The van der Waals surface area contributed by atoms with Gasteiger partial charge in [-0.3, -0.25) is 9.59 Å². The molecule has 1 aliphatic rings. The molecule has 2 aromatic rings. The molecule has 6 nitrogen and oxygen atoms in total. The second-order valence-electron chi connectivity index (χ2n) is 8.41. The Bertz CT molecular complexity index is 1040. The van der Waals surface area contributed by atoms with Crippen LogP contribution in [0.2, 0.25) is 0 Å². The molecule has 1 heterocycles. The van der Waals surface area contributed by atoms with E-state index in [0.717, 1.165) is 37.2 Å². The van der Waals surface area contributed by atoms with Crippen molar-refractivity contribution in [3.8, 4) is 5.75 Å². The summed E-state index contributed by atoms with van der Waals surface area (Å²) in [5.74, 6) is -0.717. The SMILES string of the molecule is C=CCOc1ccc([C@H]2C(=C(O)c3ccc(C)cc3)C(=O)C(=O)N2CCCN(CC)CC)cc1. The minimum atomic E-state index is -0.661. The van der Waals surface area contributed by atoms with E-state index in [9.17, 15) is 14.7 Å². The van der Waals surface area contributed by atoms with Gasteiger partial charge in [0, 0.05) is 12.1 Å². The third kappa shape index (κ3) is 5.57. The first-order valence-electron chi connectivity index (χ1n) is 11.8. The van der Waals surface area contributed by atoms with Gasteiger partial charge >= 0.3 is 0 Å².